The van der Waals surface area contributed by atoms with Crippen LogP contribution in [0.4, 0.5) is 5.13 Å². The van der Waals surface area contributed by atoms with Gasteiger partial charge in [-0.1, -0.05) is 120 Å². The van der Waals surface area contributed by atoms with E-state index in [1.165, 1.54) is 23.8 Å². The van der Waals surface area contributed by atoms with Gasteiger partial charge in [0.15, 0.2) is 16.9 Å². The number of fused-ring (bicyclic) bond motifs is 1. The fourth-order valence-electron chi connectivity index (χ4n) is 7.60. The van der Waals surface area contributed by atoms with Crippen molar-refractivity contribution in [3.05, 3.63) is 185 Å². The summed E-state index contributed by atoms with van der Waals surface area (Å²) in [6, 6.07) is 49.1. The molecular formula is C46H39N5O6PS2+. The third-order valence-corrected chi connectivity index (χ3v) is 16.8. The van der Waals surface area contributed by atoms with E-state index < -0.39 is 42.6 Å². The molecule has 3 amide bonds. The minimum atomic E-state index is -2.54. The smallest absolute Gasteiger partial charge is 0.356 e. The van der Waals surface area contributed by atoms with Crippen molar-refractivity contribution in [3.63, 3.8) is 0 Å². The molecule has 60 heavy (non-hydrogen) atoms. The summed E-state index contributed by atoms with van der Waals surface area (Å²) < 4.78 is 6.54. The lowest BCUT2D eigenvalue weighted by molar-refractivity contribution is -0.154. The first-order valence-corrected chi connectivity index (χ1v) is 22.9. The van der Waals surface area contributed by atoms with Crippen LogP contribution in [0.15, 0.2) is 173 Å². The Labute approximate surface area is 355 Å². The van der Waals surface area contributed by atoms with Crippen LogP contribution in [0.3, 0.4) is 0 Å². The average molecular weight is 853 g/mol. The number of benzene rings is 5. The summed E-state index contributed by atoms with van der Waals surface area (Å²) in [7, 11) is -1.24. The fourth-order valence-corrected chi connectivity index (χ4v) is 14.1. The molecule has 6 aromatic rings. The topological polar surface area (TPSA) is 139 Å². The normalized spacial score (nSPS) is 16.4. The lowest BCUT2D eigenvalue weighted by Crippen LogP contribution is -2.71. The van der Waals surface area contributed by atoms with E-state index in [1.54, 1.807) is 5.38 Å². The number of anilines is 1. The molecule has 1 saturated heterocycles. The molecule has 1 aromatic heterocycles. The van der Waals surface area contributed by atoms with Gasteiger partial charge in [-0.3, -0.25) is 19.3 Å². The van der Waals surface area contributed by atoms with Gasteiger partial charge in [0.25, 0.3) is 11.8 Å². The molecule has 5 aromatic carbocycles. The van der Waals surface area contributed by atoms with Gasteiger partial charge in [0.1, 0.15) is 53.1 Å². The number of thiazole rings is 1. The van der Waals surface area contributed by atoms with E-state index >= 15 is 4.79 Å². The molecule has 0 bridgehead atoms. The first-order chi connectivity index (χ1) is 29.4. The second kappa shape index (κ2) is 18.3. The molecular weight excluding hydrogens is 814 g/mol. The third-order valence-electron chi connectivity index (χ3n) is 10.3. The number of carbonyl (C=O) groups excluding carboxylic acids is 4. The standard InChI is InChI=1S/C46H38N5O6PS2/c1-56-50-38(37-29-60-46(48-37)47-30-52)42(53)49-39-43(54)51-40(45(55)57-41(31-17-7-2-8-18-31)32-19-9-3-10-20-32)33(28-59-44(39)51)27-58(34-21-11-4-12-22-34,35-23-13-5-14-24-35)36-25-15-6-16-26-36/h2-26,29-30,39,41,44H,27-28H2,1H3,(H-,47,48,49,52,53)/p+1/b50-38-/t39?,44-/m1/s1. The van der Waals surface area contributed by atoms with Crippen LogP contribution >= 0.6 is 30.4 Å². The minimum Gasteiger partial charge on any atom is -0.448 e. The molecule has 1 unspecified atom stereocenters. The van der Waals surface area contributed by atoms with Crippen molar-refractivity contribution in [2.75, 3.05) is 24.3 Å². The van der Waals surface area contributed by atoms with E-state index in [1.807, 2.05) is 115 Å². The number of hydrogen-bond donors (Lipinski definition) is 2. The van der Waals surface area contributed by atoms with E-state index in [9.17, 15) is 14.4 Å². The number of rotatable bonds is 15. The molecule has 0 aliphatic carbocycles. The predicted octanol–water partition coefficient (Wildman–Crippen LogP) is 6.04. The second-order valence-electron chi connectivity index (χ2n) is 13.8. The van der Waals surface area contributed by atoms with Crippen LogP contribution in [0.5, 0.6) is 0 Å². The zero-order valence-corrected chi connectivity index (χ0v) is 34.8. The SMILES string of the molecule is CO/N=C(\C(=O)NC1C(=O)N2C(C(=O)OC(c3ccccc3)c3ccccc3)=C(C[P+](c3ccccc3)(c3ccccc3)c3ccccc3)CS[C@H]12)c1csc(NC=O)n1. The highest BCUT2D eigenvalue weighted by molar-refractivity contribution is 8.00. The maximum atomic E-state index is 15.1. The average Bonchev–Trinajstić information content (AvgIpc) is 3.77. The lowest BCUT2D eigenvalue weighted by Gasteiger charge is -2.50. The van der Waals surface area contributed by atoms with Gasteiger partial charge >= 0.3 is 5.97 Å². The summed E-state index contributed by atoms with van der Waals surface area (Å²) in [5, 5.41) is 13.7. The minimum absolute atomic E-state index is 0.158. The summed E-state index contributed by atoms with van der Waals surface area (Å²) in [6.07, 6.45) is 0.161. The fraction of sp³-hybridized carbons (Fsp3) is 0.130. The molecule has 8 rings (SSSR count). The van der Waals surface area contributed by atoms with Gasteiger partial charge < -0.3 is 20.2 Å². The number of thioether (sulfide) groups is 1. The van der Waals surface area contributed by atoms with Gasteiger partial charge in [-0.2, -0.15) is 0 Å². The van der Waals surface area contributed by atoms with Crippen LogP contribution in [0.25, 0.3) is 0 Å². The highest BCUT2D eigenvalue weighted by atomic mass is 32.2. The van der Waals surface area contributed by atoms with Crippen molar-refractivity contribution in [1.29, 1.82) is 0 Å². The Morgan fingerprint density at radius 3 is 1.85 bits per heavy atom. The molecule has 0 saturated carbocycles. The number of esters is 1. The largest absolute Gasteiger partial charge is 0.448 e. The monoisotopic (exact) mass is 852 g/mol. The van der Waals surface area contributed by atoms with Gasteiger partial charge in [-0.05, 0) is 47.5 Å². The number of nitrogens with one attached hydrogen (secondary N) is 2. The van der Waals surface area contributed by atoms with Gasteiger partial charge in [-0.15, -0.1) is 23.1 Å². The van der Waals surface area contributed by atoms with E-state index in [2.05, 4.69) is 57.2 Å². The highest BCUT2D eigenvalue weighted by Crippen LogP contribution is 2.58. The van der Waals surface area contributed by atoms with E-state index in [4.69, 9.17) is 9.57 Å². The number of β-lactam (4-membered cyclic amide) rings is 1. The molecule has 1 fully saturated rings. The van der Waals surface area contributed by atoms with Crippen molar-refractivity contribution in [1.82, 2.24) is 15.2 Å². The molecule has 0 spiro atoms. The van der Waals surface area contributed by atoms with Gasteiger partial charge in [0.05, 0.1) is 6.16 Å². The molecule has 2 aliphatic rings. The number of aromatic nitrogens is 1. The molecule has 2 N–H and O–H groups in total. The highest BCUT2D eigenvalue weighted by Gasteiger charge is 2.57. The van der Waals surface area contributed by atoms with E-state index in [0.29, 0.717) is 18.3 Å². The first-order valence-electron chi connectivity index (χ1n) is 19.0. The van der Waals surface area contributed by atoms with Crippen LogP contribution in [-0.4, -0.2) is 70.2 Å². The zero-order valence-electron chi connectivity index (χ0n) is 32.3. The summed E-state index contributed by atoms with van der Waals surface area (Å²) in [6.45, 7) is 0. The summed E-state index contributed by atoms with van der Waals surface area (Å²) in [4.78, 5) is 65.2. The van der Waals surface area contributed by atoms with Gasteiger partial charge in [-0.25, -0.2) is 9.78 Å². The molecule has 300 valence electrons. The Bertz CT molecular complexity index is 2410. The summed E-state index contributed by atoms with van der Waals surface area (Å²) in [5.74, 6) is -1.43. The molecule has 3 heterocycles. The van der Waals surface area contributed by atoms with Crippen LogP contribution in [0.2, 0.25) is 0 Å². The summed E-state index contributed by atoms with van der Waals surface area (Å²) in [5.41, 5.74) is 2.48. The van der Waals surface area contributed by atoms with Gasteiger partial charge in [0.2, 0.25) is 6.41 Å². The Morgan fingerprint density at radius 1 is 0.833 bits per heavy atom. The Balaban J connectivity index is 1.22. The third kappa shape index (κ3) is 7.99. The second-order valence-corrected chi connectivity index (χ2v) is 19.3. The Kier molecular flexibility index (Phi) is 12.3. The number of carbonyl (C=O) groups is 4. The van der Waals surface area contributed by atoms with Crippen LogP contribution in [0.1, 0.15) is 22.9 Å². The quantitative estimate of drug-likeness (QED) is 0.0319. The number of amides is 3. The number of ether oxygens (including phenoxy) is 1. The van der Waals surface area contributed by atoms with Crippen molar-refractivity contribution in [2.45, 2.75) is 17.5 Å². The van der Waals surface area contributed by atoms with Crippen LogP contribution in [0, 0.1) is 0 Å². The van der Waals surface area contributed by atoms with Crippen LogP contribution in [-0.2, 0) is 28.8 Å². The van der Waals surface area contributed by atoms with Crippen LogP contribution < -0.4 is 26.5 Å². The number of nitrogens with zero attached hydrogens (tertiary/aromatic N) is 3. The molecule has 11 nitrogen and oxygen atoms in total. The Morgan fingerprint density at radius 2 is 1.35 bits per heavy atom. The first kappa shape index (κ1) is 40.4. The van der Waals surface area contributed by atoms with Crippen molar-refractivity contribution in [2.24, 2.45) is 5.16 Å². The van der Waals surface area contributed by atoms with E-state index in [0.717, 1.165) is 44.0 Å². The molecule has 2 atom stereocenters. The maximum absolute atomic E-state index is 15.1. The maximum Gasteiger partial charge on any atom is 0.356 e. The van der Waals surface area contributed by atoms with Gasteiger partial charge in [0, 0.05) is 16.7 Å². The number of oxime groups is 1. The molecule has 14 heteroatoms. The molecule has 2 aliphatic heterocycles. The van der Waals surface area contributed by atoms with E-state index in [-0.39, 0.29) is 22.2 Å². The predicted molar refractivity (Wildman–Crippen MR) is 238 cm³/mol. The number of hydrogen-bond acceptors (Lipinski definition) is 10. The summed E-state index contributed by atoms with van der Waals surface area (Å²) >= 11 is 2.58. The lowest BCUT2D eigenvalue weighted by atomic mass is 10.0. The van der Waals surface area contributed by atoms with Crippen molar-refractivity contribution in [3.8, 4) is 0 Å². The molecule has 0 radical (unpaired) electrons. The zero-order chi connectivity index (χ0) is 41.5. The van der Waals surface area contributed by atoms with Crippen molar-refractivity contribution >= 4 is 81.3 Å². The Hall–Kier alpha value is -6.40. The van der Waals surface area contributed by atoms with Crippen molar-refractivity contribution < 1.29 is 28.8 Å².